The molecule has 82 valence electrons. The number of aromatic nitrogens is 2. The van der Waals surface area contributed by atoms with Crippen LogP contribution in [0.4, 0.5) is 0 Å². The van der Waals surface area contributed by atoms with Gasteiger partial charge in [-0.25, -0.2) is 0 Å². The highest BCUT2D eigenvalue weighted by molar-refractivity contribution is 9.10. The van der Waals surface area contributed by atoms with Gasteiger partial charge in [-0.05, 0) is 43.6 Å². The smallest absolute Gasteiger partial charge is 0.399 e. The minimum absolute atomic E-state index is 0.311. The lowest BCUT2D eigenvalue weighted by Gasteiger charge is -2.32. The second-order valence-corrected chi connectivity index (χ2v) is 5.52. The van der Waals surface area contributed by atoms with Crippen molar-refractivity contribution < 1.29 is 9.31 Å². The van der Waals surface area contributed by atoms with Crippen molar-refractivity contribution in [2.75, 3.05) is 0 Å². The van der Waals surface area contributed by atoms with Crippen molar-refractivity contribution >= 4 is 28.5 Å². The van der Waals surface area contributed by atoms with Gasteiger partial charge >= 0.3 is 7.12 Å². The Labute approximate surface area is 98.0 Å². The van der Waals surface area contributed by atoms with Gasteiger partial charge in [0.25, 0.3) is 0 Å². The molecule has 0 aliphatic carbocycles. The van der Waals surface area contributed by atoms with Gasteiger partial charge in [-0.1, -0.05) is 0 Å². The van der Waals surface area contributed by atoms with E-state index >= 15 is 0 Å². The molecule has 0 radical (unpaired) electrons. The van der Waals surface area contributed by atoms with Gasteiger partial charge in [-0.3, -0.25) is 5.10 Å². The fraction of sp³-hybridized carbons (Fsp3) is 0.667. The summed E-state index contributed by atoms with van der Waals surface area (Å²) in [5.74, 6) is 0. The van der Waals surface area contributed by atoms with E-state index in [0.717, 1.165) is 10.1 Å². The average Bonchev–Trinajstić information content (AvgIpc) is 2.55. The van der Waals surface area contributed by atoms with E-state index in [1.54, 1.807) is 6.20 Å². The molecule has 0 bridgehead atoms. The first-order chi connectivity index (χ1) is 6.83. The zero-order valence-corrected chi connectivity index (χ0v) is 10.9. The lowest BCUT2D eigenvalue weighted by atomic mass is 9.82. The molecule has 0 spiro atoms. The van der Waals surface area contributed by atoms with Gasteiger partial charge < -0.3 is 9.31 Å². The van der Waals surface area contributed by atoms with Crippen LogP contribution >= 0.6 is 15.9 Å². The van der Waals surface area contributed by atoms with Crippen LogP contribution in [0.25, 0.3) is 0 Å². The number of hydrogen-bond acceptors (Lipinski definition) is 3. The summed E-state index contributed by atoms with van der Waals surface area (Å²) in [6.07, 6.45) is 1.71. The van der Waals surface area contributed by atoms with E-state index in [1.807, 2.05) is 27.7 Å². The van der Waals surface area contributed by atoms with Crippen molar-refractivity contribution in [3.8, 4) is 0 Å². The molecule has 1 fully saturated rings. The molecule has 1 aliphatic rings. The summed E-state index contributed by atoms with van der Waals surface area (Å²) in [5.41, 5.74) is 0.275. The fourth-order valence-electron chi connectivity index (χ4n) is 1.41. The molecule has 0 saturated carbocycles. The lowest BCUT2D eigenvalue weighted by Crippen LogP contribution is -2.41. The summed E-state index contributed by atoms with van der Waals surface area (Å²) in [4.78, 5) is 0. The number of hydrogen-bond donors (Lipinski definition) is 1. The highest BCUT2D eigenvalue weighted by Crippen LogP contribution is 2.36. The van der Waals surface area contributed by atoms with Crippen molar-refractivity contribution in [2.24, 2.45) is 0 Å². The number of halogens is 1. The van der Waals surface area contributed by atoms with Crippen LogP contribution in [-0.4, -0.2) is 28.5 Å². The first-order valence-electron chi connectivity index (χ1n) is 4.88. The first kappa shape index (κ1) is 11.2. The maximum atomic E-state index is 5.88. The number of aromatic amines is 1. The summed E-state index contributed by atoms with van der Waals surface area (Å²) >= 11 is 3.37. The van der Waals surface area contributed by atoms with Gasteiger partial charge in [-0.15, -0.1) is 0 Å². The summed E-state index contributed by atoms with van der Waals surface area (Å²) in [7, 11) is -0.358. The standard InChI is InChI=1S/C9H14BBrN2O2/c1-8(2)9(3,4)15-10(14-8)6-5-12-13-7(6)11/h5H,1-4H3,(H,12,13). The Bertz CT molecular complexity index is 362. The summed E-state index contributed by atoms with van der Waals surface area (Å²) < 4.78 is 12.6. The monoisotopic (exact) mass is 272 g/mol. The lowest BCUT2D eigenvalue weighted by molar-refractivity contribution is 0.00578. The third-order valence-electron chi connectivity index (χ3n) is 3.13. The van der Waals surface area contributed by atoms with E-state index in [4.69, 9.17) is 9.31 Å². The zero-order chi connectivity index (χ0) is 11.3. The van der Waals surface area contributed by atoms with E-state index in [9.17, 15) is 0 Å². The molecule has 1 aliphatic heterocycles. The van der Waals surface area contributed by atoms with Crippen LogP contribution in [0.15, 0.2) is 10.8 Å². The molecule has 0 aromatic carbocycles. The number of rotatable bonds is 1. The molecule has 1 aromatic heterocycles. The third-order valence-corrected chi connectivity index (χ3v) is 3.76. The minimum atomic E-state index is -0.358. The van der Waals surface area contributed by atoms with Gasteiger partial charge in [0.15, 0.2) is 0 Å². The van der Waals surface area contributed by atoms with Crippen LogP contribution < -0.4 is 5.46 Å². The zero-order valence-electron chi connectivity index (χ0n) is 9.30. The Kier molecular flexibility index (Phi) is 2.48. The van der Waals surface area contributed by atoms with Crippen LogP contribution in [0.5, 0.6) is 0 Å². The van der Waals surface area contributed by atoms with E-state index in [2.05, 4.69) is 26.1 Å². The molecule has 2 rings (SSSR count). The summed E-state index contributed by atoms with van der Waals surface area (Å²) in [5, 5.41) is 6.74. The van der Waals surface area contributed by atoms with E-state index < -0.39 is 0 Å². The predicted octanol–water partition coefficient (Wildman–Crippen LogP) is 1.47. The Morgan fingerprint density at radius 2 is 1.80 bits per heavy atom. The molecule has 0 amide bonds. The van der Waals surface area contributed by atoms with Crippen LogP contribution in [0.2, 0.25) is 0 Å². The molecule has 1 saturated heterocycles. The summed E-state index contributed by atoms with van der Waals surface area (Å²) in [6, 6.07) is 0. The van der Waals surface area contributed by atoms with Crippen LogP contribution in [0, 0.1) is 0 Å². The molecular weight excluding hydrogens is 259 g/mol. The van der Waals surface area contributed by atoms with Crippen molar-refractivity contribution in [1.29, 1.82) is 0 Å². The molecule has 0 unspecified atom stereocenters. The minimum Gasteiger partial charge on any atom is -0.399 e. The Morgan fingerprint density at radius 1 is 1.27 bits per heavy atom. The Balaban J connectivity index is 2.27. The number of nitrogens with one attached hydrogen (secondary N) is 1. The van der Waals surface area contributed by atoms with Gasteiger partial charge in [0, 0.05) is 11.7 Å². The van der Waals surface area contributed by atoms with Gasteiger partial charge in [0.05, 0.1) is 11.2 Å². The predicted molar refractivity (Wildman–Crippen MR) is 62.0 cm³/mol. The highest BCUT2D eigenvalue weighted by atomic mass is 79.9. The van der Waals surface area contributed by atoms with E-state index in [1.165, 1.54) is 0 Å². The van der Waals surface area contributed by atoms with Crippen molar-refractivity contribution in [3.63, 3.8) is 0 Å². The van der Waals surface area contributed by atoms with E-state index in [-0.39, 0.29) is 18.3 Å². The van der Waals surface area contributed by atoms with Crippen LogP contribution in [0.3, 0.4) is 0 Å². The van der Waals surface area contributed by atoms with Gasteiger partial charge in [0.2, 0.25) is 0 Å². The molecule has 4 nitrogen and oxygen atoms in total. The second-order valence-electron chi connectivity index (χ2n) is 4.73. The van der Waals surface area contributed by atoms with Crippen molar-refractivity contribution in [3.05, 3.63) is 10.8 Å². The SMILES string of the molecule is CC1(C)OB(c2cn[nH]c2Br)OC1(C)C. The average molecular weight is 273 g/mol. The fourth-order valence-corrected chi connectivity index (χ4v) is 1.81. The van der Waals surface area contributed by atoms with E-state index in [0.29, 0.717) is 0 Å². The normalized spacial score (nSPS) is 23.4. The molecule has 15 heavy (non-hydrogen) atoms. The first-order valence-corrected chi connectivity index (χ1v) is 5.67. The molecule has 0 atom stereocenters. The largest absolute Gasteiger partial charge is 0.499 e. The maximum absolute atomic E-state index is 5.88. The Hall–Kier alpha value is -0.325. The second kappa shape index (κ2) is 3.33. The summed E-state index contributed by atoms with van der Waals surface area (Å²) in [6.45, 7) is 8.12. The quantitative estimate of drug-likeness (QED) is 0.788. The van der Waals surface area contributed by atoms with Gasteiger partial charge in [0.1, 0.15) is 4.60 Å². The van der Waals surface area contributed by atoms with Crippen LogP contribution in [-0.2, 0) is 9.31 Å². The molecule has 1 N–H and O–H groups in total. The van der Waals surface area contributed by atoms with Crippen molar-refractivity contribution in [1.82, 2.24) is 10.2 Å². The van der Waals surface area contributed by atoms with Crippen molar-refractivity contribution in [2.45, 2.75) is 38.9 Å². The third kappa shape index (κ3) is 1.75. The van der Waals surface area contributed by atoms with Crippen LogP contribution in [0.1, 0.15) is 27.7 Å². The van der Waals surface area contributed by atoms with Gasteiger partial charge in [-0.2, -0.15) is 5.10 Å². The molecule has 1 aromatic rings. The Morgan fingerprint density at radius 3 is 2.20 bits per heavy atom. The molecule has 6 heteroatoms. The highest BCUT2D eigenvalue weighted by Gasteiger charge is 2.52. The maximum Gasteiger partial charge on any atom is 0.499 e. The number of H-pyrrole nitrogens is 1. The topological polar surface area (TPSA) is 47.1 Å². The molecular formula is C9H14BBrN2O2. The number of nitrogens with zero attached hydrogens (tertiary/aromatic N) is 1. The molecule has 2 heterocycles.